The fourth-order valence-corrected chi connectivity index (χ4v) is 2.38. The fourth-order valence-electron chi connectivity index (χ4n) is 2.38. The third-order valence-corrected chi connectivity index (χ3v) is 3.27. The van der Waals surface area contributed by atoms with Crippen LogP contribution < -0.4 is 10.6 Å². The molecule has 0 aromatic heterocycles. The minimum Gasteiger partial charge on any atom is -0.323 e. The number of hydrogen-bond acceptors (Lipinski definition) is 2. The summed E-state index contributed by atoms with van der Waals surface area (Å²) < 4.78 is 0. The summed E-state index contributed by atoms with van der Waals surface area (Å²) in [5, 5.41) is 5.09. The maximum atomic E-state index is 11.6. The molecular weight excluding hydrogens is 168 g/mol. The van der Waals surface area contributed by atoms with Gasteiger partial charge in [0, 0.05) is 0 Å². The molecule has 1 saturated carbocycles. The van der Waals surface area contributed by atoms with Gasteiger partial charge >= 0.3 is 6.03 Å². The SMILES string of the molecule is C[C@H]1CCCC[C@@]12NC(=O)NC2=O. The average Bonchev–Trinajstić information content (AvgIpc) is 2.35. The molecule has 0 bridgehead atoms. The van der Waals surface area contributed by atoms with Crippen LogP contribution >= 0.6 is 0 Å². The minimum atomic E-state index is -0.588. The molecule has 1 aliphatic carbocycles. The van der Waals surface area contributed by atoms with E-state index in [4.69, 9.17) is 0 Å². The minimum absolute atomic E-state index is 0.135. The van der Waals surface area contributed by atoms with E-state index in [9.17, 15) is 9.59 Å². The summed E-state index contributed by atoms with van der Waals surface area (Å²) in [6, 6.07) is -0.334. The van der Waals surface area contributed by atoms with E-state index in [1.807, 2.05) is 6.92 Å². The summed E-state index contributed by atoms with van der Waals surface area (Å²) in [5.74, 6) is 0.123. The predicted molar refractivity (Wildman–Crippen MR) is 47.0 cm³/mol. The zero-order chi connectivity index (χ0) is 9.47. The van der Waals surface area contributed by atoms with Gasteiger partial charge < -0.3 is 5.32 Å². The number of imide groups is 1. The molecule has 72 valence electrons. The summed E-state index contributed by atoms with van der Waals surface area (Å²) in [5.41, 5.74) is -0.588. The number of hydrogen-bond donors (Lipinski definition) is 2. The summed E-state index contributed by atoms with van der Waals surface area (Å²) in [6.45, 7) is 2.03. The van der Waals surface area contributed by atoms with Crippen LogP contribution in [0.5, 0.6) is 0 Å². The van der Waals surface area contributed by atoms with Crippen LogP contribution in [0.15, 0.2) is 0 Å². The van der Waals surface area contributed by atoms with E-state index in [0.29, 0.717) is 0 Å². The van der Waals surface area contributed by atoms with Crippen LogP contribution in [0.3, 0.4) is 0 Å². The van der Waals surface area contributed by atoms with Crippen LogP contribution in [0.25, 0.3) is 0 Å². The highest BCUT2D eigenvalue weighted by molar-refractivity contribution is 6.07. The Morgan fingerprint density at radius 3 is 2.69 bits per heavy atom. The molecule has 1 aliphatic heterocycles. The average molecular weight is 182 g/mol. The molecule has 2 N–H and O–H groups in total. The molecular formula is C9H14N2O2. The molecule has 2 fully saturated rings. The number of urea groups is 1. The fraction of sp³-hybridized carbons (Fsp3) is 0.778. The molecule has 2 atom stereocenters. The molecule has 0 radical (unpaired) electrons. The second-order valence-electron chi connectivity index (χ2n) is 4.03. The van der Waals surface area contributed by atoms with Crippen LogP contribution in [0, 0.1) is 5.92 Å². The Kier molecular flexibility index (Phi) is 1.78. The highest BCUT2D eigenvalue weighted by atomic mass is 16.2. The Morgan fingerprint density at radius 1 is 1.38 bits per heavy atom. The monoisotopic (exact) mass is 182 g/mol. The van der Waals surface area contributed by atoms with Gasteiger partial charge in [-0.3, -0.25) is 10.1 Å². The van der Waals surface area contributed by atoms with Gasteiger partial charge in [0.2, 0.25) is 0 Å². The Balaban J connectivity index is 2.26. The van der Waals surface area contributed by atoms with Crippen molar-refractivity contribution in [1.82, 2.24) is 10.6 Å². The molecule has 2 rings (SSSR count). The van der Waals surface area contributed by atoms with E-state index in [2.05, 4.69) is 10.6 Å². The number of amides is 3. The van der Waals surface area contributed by atoms with Crippen molar-refractivity contribution in [2.45, 2.75) is 38.1 Å². The van der Waals surface area contributed by atoms with Crippen LogP contribution in [0.4, 0.5) is 4.79 Å². The number of carbonyl (C=O) groups excluding carboxylic acids is 2. The lowest BCUT2D eigenvalue weighted by atomic mass is 9.74. The van der Waals surface area contributed by atoms with Crippen molar-refractivity contribution < 1.29 is 9.59 Å². The normalized spacial score (nSPS) is 39.0. The number of rotatable bonds is 0. The van der Waals surface area contributed by atoms with Gasteiger partial charge in [-0.05, 0) is 18.8 Å². The summed E-state index contributed by atoms with van der Waals surface area (Å²) in [7, 11) is 0. The largest absolute Gasteiger partial charge is 0.323 e. The first-order valence-corrected chi connectivity index (χ1v) is 4.79. The predicted octanol–water partition coefficient (Wildman–Crippen LogP) is 0.775. The van der Waals surface area contributed by atoms with Crippen molar-refractivity contribution >= 4 is 11.9 Å². The van der Waals surface area contributed by atoms with Gasteiger partial charge in [0.1, 0.15) is 5.54 Å². The van der Waals surface area contributed by atoms with Crippen LogP contribution in [0.1, 0.15) is 32.6 Å². The highest BCUT2D eigenvalue weighted by Gasteiger charge is 2.50. The van der Waals surface area contributed by atoms with Crippen LogP contribution in [-0.2, 0) is 4.79 Å². The first kappa shape index (κ1) is 8.53. The lowest BCUT2D eigenvalue weighted by molar-refractivity contribution is -0.126. The van der Waals surface area contributed by atoms with E-state index in [1.165, 1.54) is 0 Å². The van der Waals surface area contributed by atoms with Gasteiger partial charge in [-0.1, -0.05) is 19.8 Å². The van der Waals surface area contributed by atoms with E-state index in [1.54, 1.807) is 0 Å². The van der Waals surface area contributed by atoms with Crippen molar-refractivity contribution in [3.8, 4) is 0 Å². The molecule has 1 spiro atoms. The standard InChI is InChI=1S/C9H14N2O2/c1-6-4-2-3-5-9(6)7(12)10-8(13)11-9/h6H,2-5H2,1H3,(H2,10,11,12,13)/t6-,9+/m0/s1. The van der Waals surface area contributed by atoms with Gasteiger partial charge in [0.05, 0.1) is 0 Å². The van der Waals surface area contributed by atoms with Crippen LogP contribution in [0.2, 0.25) is 0 Å². The van der Waals surface area contributed by atoms with Crippen molar-refractivity contribution in [1.29, 1.82) is 0 Å². The smallest absolute Gasteiger partial charge is 0.322 e. The first-order valence-electron chi connectivity index (χ1n) is 4.79. The topological polar surface area (TPSA) is 58.2 Å². The summed E-state index contributed by atoms with van der Waals surface area (Å²) in [4.78, 5) is 22.6. The van der Waals surface area contributed by atoms with Crippen molar-refractivity contribution in [2.24, 2.45) is 5.92 Å². The summed E-state index contributed by atoms with van der Waals surface area (Å²) in [6.07, 6.45) is 3.99. The molecule has 0 aromatic rings. The van der Waals surface area contributed by atoms with Crippen molar-refractivity contribution in [3.05, 3.63) is 0 Å². The molecule has 4 nitrogen and oxygen atoms in total. The lowest BCUT2D eigenvalue weighted by Crippen LogP contribution is -2.53. The zero-order valence-electron chi connectivity index (χ0n) is 7.72. The van der Waals surface area contributed by atoms with E-state index in [0.717, 1.165) is 25.7 Å². The third kappa shape index (κ3) is 1.12. The molecule has 3 amide bonds. The molecule has 4 heteroatoms. The van der Waals surface area contributed by atoms with Crippen molar-refractivity contribution in [2.75, 3.05) is 0 Å². The molecule has 0 unspecified atom stereocenters. The van der Waals surface area contributed by atoms with E-state index in [-0.39, 0.29) is 17.9 Å². The second kappa shape index (κ2) is 2.72. The lowest BCUT2D eigenvalue weighted by Gasteiger charge is -2.36. The van der Waals surface area contributed by atoms with E-state index >= 15 is 0 Å². The quantitative estimate of drug-likeness (QED) is 0.544. The van der Waals surface area contributed by atoms with Crippen LogP contribution in [-0.4, -0.2) is 17.5 Å². The Bertz CT molecular complexity index is 264. The second-order valence-corrected chi connectivity index (χ2v) is 4.03. The third-order valence-electron chi connectivity index (χ3n) is 3.27. The summed E-state index contributed by atoms with van der Waals surface area (Å²) >= 11 is 0. The van der Waals surface area contributed by atoms with Gasteiger partial charge in [-0.15, -0.1) is 0 Å². The van der Waals surface area contributed by atoms with Gasteiger partial charge in [0.25, 0.3) is 5.91 Å². The molecule has 1 saturated heterocycles. The maximum Gasteiger partial charge on any atom is 0.322 e. The van der Waals surface area contributed by atoms with Gasteiger partial charge in [-0.25, -0.2) is 4.79 Å². The highest BCUT2D eigenvalue weighted by Crippen LogP contribution is 2.35. The Morgan fingerprint density at radius 2 is 2.15 bits per heavy atom. The molecule has 2 aliphatic rings. The Hall–Kier alpha value is -1.06. The molecule has 13 heavy (non-hydrogen) atoms. The molecule has 1 heterocycles. The maximum absolute atomic E-state index is 11.6. The first-order chi connectivity index (χ1) is 6.15. The molecule has 0 aromatic carbocycles. The Labute approximate surface area is 77.1 Å². The zero-order valence-corrected chi connectivity index (χ0v) is 7.72. The van der Waals surface area contributed by atoms with Gasteiger partial charge in [0.15, 0.2) is 0 Å². The van der Waals surface area contributed by atoms with Gasteiger partial charge in [-0.2, -0.15) is 0 Å². The number of carbonyl (C=O) groups is 2. The number of nitrogens with one attached hydrogen (secondary N) is 2. The van der Waals surface area contributed by atoms with E-state index < -0.39 is 5.54 Å². The van der Waals surface area contributed by atoms with Crippen molar-refractivity contribution in [3.63, 3.8) is 0 Å².